The fourth-order valence-electron chi connectivity index (χ4n) is 3.49. The van der Waals surface area contributed by atoms with Gasteiger partial charge in [0.05, 0.1) is 12.0 Å². The van der Waals surface area contributed by atoms with Crippen LogP contribution in [-0.4, -0.2) is 46.8 Å². The summed E-state index contributed by atoms with van der Waals surface area (Å²) < 4.78 is 5.93. The molecule has 0 aliphatic carbocycles. The van der Waals surface area contributed by atoms with Crippen molar-refractivity contribution >= 4 is 5.97 Å². The van der Waals surface area contributed by atoms with Crippen molar-refractivity contribution in [3.63, 3.8) is 0 Å². The Hall–Kier alpha value is -1.59. The largest absolute Gasteiger partial charge is 0.491 e. The van der Waals surface area contributed by atoms with Crippen LogP contribution in [0.5, 0.6) is 5.75 Å². The number of aryl methyl sites for hydroxylation is 1. The number of aliphatic hydroxyl groups excluding tert-OH is 1. The Morgan fingerprint density at radius 2 is 1.95 bits per heavy atom. The predicted molar refractivity (Wildman–Crippen MR) is 82.1 cm³/mol. The van der Waals surface area contributed by atoms with Crippen LogP contribution in [0.2, 0.25) is 0 Å². The molecule has 0 radical (unpaired) electrons. The van der Waals surface area contributed by atoms with Crippen molar-refractivity contribution in [3.05, 3.63) is 28.8 Å². The van der Waals surface area contributed by atoms with Crippen LogP contribution in [-0.2, 0) is 4.79 Å². The number of hydrogen-bond donors (Lipinski definition) is 2. The van der Waals surface area contributed by atoms with Gasteiger partial charge in [0.15, 0.2) is 0 Å². The van der Waals surface area contributed by atoms with E-state index in [0.29, 0.717) is 32.5 Å². The van der Waals surface area contributed by atoms with Crippen LogP contribution in [0.25, 0.3) is 0 Å². The summed E-state index contributed by atoms with van der Waals surface area (Å²) in [5.41, 5.74) is 3.09. The van der Waals surface area contributed by atoms with E-state index < -0.39 is 12.1 Å². The minimum absolute atomic E-state index is 0.0932. The fourth-order valence-corrected chi connectivity index (χ4v) is 3.49. The quantitative estimate of drug-likeness (QED) is 0.873. The van der Waals surface area contributed by atoms with Gasteiger partial charge in [-0.25, -0.2) is 0 Å². The third-order valence-electron chi connectivity index (χ3n) is 5.14. The molecule has 2 N–H and O–H groups in total. The molecule has 0 spiro atoms. The van der Waals surface area contributed by atoms with Gasteiger partial charge in [-0.1, -0.05) is 12.1 Å². The van der Waals surface area contributed by atoms with Gasteiger partial charge in [0, 0.05) is 5.56 Å². The molecular weight excluding hydrogens is 282 g/mol. The van der Waals surface area contributed by atoms with E-state index in [1.54, 1.807) is 0 Å². The Labute approximate surface area is 130 Å². The molecule has 0 saturated carbocycles. The van der Waals surface area contributed by atoms with Crippen molar-refractivity contribution in [2.75, 3.05) is 19.7 Å². The maximum Gasteiger partial charge on any atom is 0.306 e. The second kappa shape index (κ2) is 5.89. The number of nitrogens with zero attached hydrogens (tertiary/aromatic N) is 1. The van der Waals surface area contributed by atoms with E-state index in [2.05, 4.69) is 4.90 Å². The Kier molecular flexibility index (Phi) is 4.10. The molecule has 2 atom stereocenters. The minimum Gasteiger partial charge on any atom is -0.491 e. The SMILES string of the molecule is Cc1ccc2c(c1C)OCC(N1CCC(C(=O)O)CC1)C2O. The average molecular weight is 305 g/mol. The zero-order valence-electron chi connectivity index (χ0n) is 13.1. The van der Waals surface area contributed by atoms with E-state index >= 15 is 0 Å². The molecule has 1 aromatic rings. The van der Waals surface area contributed by atoms with Crippen LogP contribution in [0.15, 0.2) is 12.1 Å². The van der Waals surface area contributed by atoms with Gasteiger partial charge in [0.2, 0.25) is 0 Å². The van der Waals surface area contributed by atoms with Gasteiger partial charge in [-0.3, -0.25) is 9.69 Å². The van der Waals surface area contributed by atoms with Gasteiger partial charge >= 0.3 is 5.97 Å². The zero-order chi connectivity index (χ0) is 15.9. The van der Waals surface area contributed by atoms with E-state index in [1.165, 1.54) is 0 Å². The van der Waals surface area contributed by atoms with Gasteiger partial charge in [-0.05, 0) is 50.9 Å². The summed E-state index contributed by atoms with van der Waals surface area (Å²) in [4.78, 5) is 13.2. The summed E-state index contributed by atoms with van der Waals surface area (Å²) in [6, 6.07) is 3.86. The first-order valence-corrected chi connectivity index (χ1v) is 7.87. The summed E-state index contributed by atoms with van der Waals surface area (Å²) in [6.45, 7) is 5.90. The minimum atomic E-state index is -0.712. The topological polar surface area (TPSA) is 70.0 Å². The molecule has 120 valence electrons. The Balaban J connectivity index is 1.75. The Morgan fingerprint density at radius 1 is 1.27 bits per heavy atom. The van der Waals surface area contributed by atoms with E-state index in [0.717, 1.165) is 22.4 Å². The molecule has 1 fully saturated rings. The number of piperidine rings is 1. The van der Waals surface area contributed by atoms with Gasteiger partial charge in [0.25, 0.3) is 0 Å². The number of rotatable bonds is 2. The third kappa shape index (κ3) is 2.59. The molecule has 2 aliphatic rings. The Morgan fingerprint density at radius 3 is 2.59 bits per heavy atom. The summed E-state index contributed by atoms with van der Waals surface area (Å²) >= 11 is 0. The average Bonchev–Trinajstić information content (AvgIpc) is 2.51. The molecular formula is C17H23NO4. The maximum absolute atomic E-state index is 11.0. The number of benzene rings is 1. The maximum atomic E-state index is 11.0. The van der Waals surface area contributed by atoms with E-state index in [4.69, 9.17) is 9.84 Å². The second-order valence-corrected chi connectivity index (χ2v) is 6.40. The number of carboxylic acids is 1. The molecule has 5 heteroatoms. The van der Waals surface area contributed by atoms with E-state index in [1.807, 2.05) is 26.0 Å². The number of carboxylic acid groups (broad SMARTS) is 1. The van der Waals surface area contributed by atoms with Crippen LogP contribution in [0, 0.1) is 19.8 Å². The first kappa shape index (κ1) is 15.3. The lowest BCUT2D eigenvalue weighted by Crippen LogP contribution is -2.49. The number of aliphatic hydroxyl groups is 1. The molecule has 0 aromatic heterocycles. The zero-order valence-corrected chi connectivity index (χ0v) is 13.1. The van der Waals surface area contributed by atoms with Crippen molar-refractivity contribution in [2.45, 2.75) is 38.8 Å². The smallest absolute Gasteiger partial charge is 0.306 e. The van der Waals surface area contributed by atoms with Crippen LogP contribution in [0.4, 0.5) is 0 Å². The highest BCUT2D eigenvalue weighted by Crippen LogP contribution is 2.38. The predicted octanol–water partition coefficient (Wildman–Crippen LogP) is 1.89. The van der Waals surface area contributed by atoms with Crippen molar-refractivity contribution in [2.24, 2.45) is 5.92 Å². The highest BCUT2D eigenvalue weighted by atomic mass is 16.5. The Bertz CT molecular complexity index is 578. The van der Waals surface area contributed by atoms with Crippen molar-refractivity contribution < 1.29 is 19.7 Å². The molecule has 3 rings (SSSR count). The summed E-state index contributed by atoms with van der Waals surface area (Å²) in [5, 5.41) is 19.8. The highest BCUT2D eigenvalue weighted by molar-refractivity contribution is 5.70. The van der Waals surface area contributed by atoms with E-state index in [-0.39, 0.29) is 12.0 Å². The molecule has 0 bridgehead atoms. The van der Waals surface area contributed by atoms with Gasteiger partial charge in [-0.15, -0.1) is 0 Å². The normalized spacial score (nSPS) is 26.3. The summed E-state index contributed by atoms with van der Waals surface area (Å²) in [6.07, 6.45) is 0.695. The second-order valence-electron chi connectivity index (χ2n) is 6.40. The third-order valence-corrected chi connectivity index (χ3v) is 5.14. The van der Waals surface area contributed by atoms with Gasteiger partial charge < -0.3 is 14.9 Å². The lowest BCUT2D eigenvalue weighted by atomic mass is 9.91. The highest BCUT2D eigenvalue weighted by Gasteiger charge is 2.37. The van der Waals surface area contributed by atoms with Crippen LogP contribution in [0.3, 0.4) is 0 Å². The van der Waals surface area contributed by atoms with E-state index in [9.17, 15) is 9.90 Å². The number of carbonyl (C=O) groups is 1. The summed E-state index contributed by atoms with van der Waals surface area (Å²) in [7, 11) is 0. The standard InChI is InChI=1S/C17H23NO4/c1-10-3-4-13-15(19)14(9-22-16(13)11(10)2)18-7-5-12(6-8-18)17(20)21/h3-4,12,14-15,19H,5-9H2,1-2H3,(H,20,21). The number of hydrogen-bond acceptors (Lipinski definition) is 4. The van der Waals surface area contributed by atoms with Gasteiger partial charge in [-0.2, -0.15) is 0 Å². The number of aliphatic carboxylic acids is 1. The fraction of sp³-hybridized carbons (Fsp3) is 0.588. The van der Waals surface area contributed by atoms with Crippen LogP contribution < -0.4 is 4.74 Å². The molecule has 5 nitrogen and oxygen atoms in total. The molecule has 0 amide bonds. The van der Waals surface area contributed by atoms with Crippen molar-refractivity contribution in [3.8, 4) is 5.75 Å². The van der Waals surface area contributed by atoms with Crippen molar-refractivity contribution in [1.82, 2.24) is 4.90 Å². The first-order valence-electron chi connectivity index (χ1n) is 7.87. The number of ether oxygens (including phenoxy) is 1. The molecule has 1 aromatic carbocycles. The van der Waals surface area contributed by atoms with Crippen molar-refractivity contribution in [1.29, 1.82) is 0 Å². The lowest BCUT2D eigenvalue weighted by molar-refractivity contribution is -0.143. The first-order chi connectivity index (χ1) is 10.5. The lowest BCUT2D eigenvalue weighted by Gasteiger charge is -2.41. The summed E-state index contributed by atoms with van der Waals surface area (Å²) in [5.74, 6) is -0.157. The van der Waals surface area contributed by atoms with Crippen LogP contribution in [0.1, 0.15) is 35.6 Å². The monoisotopic (exact) mass is 305 g/mol. The molecule has 2 aliphatic heterocycles. The molecule has 22 heavy (non-hydrogen) atoms. The number of fused-ring (bicyclic) bond motifs is 1. The van der Waals surface area contributed by atoms with Crippen LogP contribution >= 0.6 is 0 Å². The molecule has 2 heterocycles. The molecule has 1 saturated heterocycles. The van der Waals surface area contributed by atoms with Gasteiger partial charge in [0.1, 0.15) is 18.5 Å². The molecule has 2 unspecified atom stereocenters. The number of likely N-dealkylation sites (tertiary alicyclic amines) is 1.